The van der Waals surface area contributed by atoms with Crippen LogP contribution in [0.15, 0.2) is 121 Å². The number of nitrogens with zero attached hydrogens (tertiary/aromatic N) is 1. The zero-order valence-electron chi connectivity index (χ0n) is 19.7. The molecule has 1 fully saturated rings. The van der Waals surface area contributed by atoms with Crippen LogP contribution < -0.4 is 28.3 Å². The molecule has 182 valence electrons. The number of carbonyl (C=O) groups excluding carboxylic acids is 2. The summed E-state index contributed by atoms with van der Waals surface area (Å²) < 4.78 is 5.38. The fourth-order valence-electron chi connectivity index (χ4n) is 4.85. The summed E-state index contributed by atoms with van der Waals surface area (Å²) in [6.07, 6.45) is 0.236. The van der Waals surface area contributed by atoms with Gasteiger partial charge >= 0.3 is 6.09 Å². The molecule has 6 heteroatoms. The predicted octanol–water partition coefficient (Wildman–Crippen LogP) is 1.57. The van der Waals surface area contributed by atoms with Gasteiger partial charge in [-0.1, -0.05) is 84.9 Å². The summed E-state index contributed by atoms with van der Waals surface area (Å²) in [5.41, 5.74) is 1.07. The van der Waals surface area contributed by atoms with Crippen molar-refractivity contribution in [1.29, 1.82) is 0 Å². The predicted molar refractivity (Wildman–Crippen MR) is 142 cm³/mol. The standard InChI is InChI=1S/C30H27NO3P.ClH/c32-29(31-25(22-34-30(31)33)21-24-13-5-1-6-14-24)23-35(26-15-7-2-8-16-26,27-17-9-3-10-18-27)28-19-11-4-12-20-28;/h1-20,25H,21-23H2;1H/q+1;/p-1/t25-;/m0./s1. The van der Waals surface area contributed by atoms with E-state index < -0.39 is 13.4 Å². The van der Waals surface area contributed by atoms with Crippen LogP contribution in [0.3, 0.4) is 0 Å². The van der Waals surface area contributed by atoms with Crippen LogP contribution in [0, 0.1) is 0 Å². The van der Waals surface area contributed by atoms with Crippen LogP contribution in [0.4, 0.5) is 4.79 Å². The zero-order valence-corrected chi connectivity index (χ0v) is 21.4. The van der Waals surface area contributed by atoms with Crippen molar-refractivity contribution in [3.63, 3.8) is 0 Å². The minimum Gasteiger partial charge on any atom is -1.00 e. The number of cyclic esters (lactones) is 1. The maximum absolute atomic E-state index is 14.0. The van der Waals surface area contributed by atoms with Gasteiger partial charge in [0, 0.05) is 0 Å². The van der Waals surface area contributed by atoms with Crippen molar-refractivity contribution in [2.24, 2.45) is 0 Å². The summed E-state index contributed by atoms with van der Waals surface area (Å²) in [5.74, 6) is -0.196. The molecule has 1 aliphatic heterocycles. The second kappa shape index (κ2) is 11.5. The largest absolute Gasteiger partial charge is 1.00 e. The molecule has 36 heavy (non-hydrogen) atoms. The van der Waals surface area contributed by atoms with Gasteiger partial charge in [-0.15, -0.1) is 0 Å². The maximum Gasteiger partial charge on any atom is 0.417 e. The fourth-order valence-corrected chi connectivity index (χ4v) is 8.89. The van der Waals surface area contributed by atoms with E-state index in [1.165, 1.54) is 4.90 Å². The Morgan fingerprint density at radius 3 is 1.58 bits per heavy atom. The molecule has 5 rings (SSSR count). The van der Waals surface area contributed by atoms with E-state index in [-0.39, 0.29) is 37.1 Å². The molecule has 0 radical (unpaired) electrons. The SMILES string of the molecule is O=C(C[P+](c1ccccc1)(c1ccccc1)c1ccccc1)N1C(=O)OC[C@@H]1Cc1ccccc1.[Cl-]. The number of hydrogen-bond acceptors (Lipinski definition) is 3. The first-order chi connectivity index (χ1) is 17.2. The van der Waals surface area contributed by atoms with E-state index in [0.717, 1.165) is 21.5 Å². The third-order valence-electron chi connectivity index (χ3n) is 6.51. The molecule has 4 aromatic carbocycles. The first-order valence-corrected chi connectivity index (χ1v) is 13.7. The van der Waals surface area contributed by atoms with Crippen LogP contribution in [-0.2, 0) is 16.0 Å². The Morgan fingerprint density at radius 2 is 1.14 bits per heavy atom. The van der Waals surface area contributed by atoms with E-state index in [9.17, 15) is 9.59 Å². The van der Waals surface area contributed by atoms with Crippen molar-refractivity contribution in [1.82, 2.24) is 4.90 Å². The van der Waals surface area contributed by atoms with Gasteiger partial charge in [0.15, 0.2) is 6.16 Å². The number of halogens is 1. The van der Waals surface area contributed by atoms with Gasteiger partial charge in [0.05, 0.1) is 6.04 Å². The van der Waals surface area contributed by atoms with E-state index in [1.54, 1.807) is 0 Å². The van der Waals surface area contributed by atoms with Crippen LogP contribution in [0.5, 0.6) is 0 Å². The maximum atomic E-state index is 14.0. The Kier molecular flexibility index (Phi) is 8.20. The van der Waals surface area contributed by atoms with Crippen LogP contribution in [0.2, 0.25) is 0 Å². The molecule has 1 aliphatic rings. The van der Waals surface area contributed by atoms with Crippen molar-refractivity contribution in [3.8, 4) is 0 Å². The van der Waals surface area contributed by atoms with Crippen molar-refractivity contribution in [3.05, 3.63) is 127 Å². The normalized spacial score (nSPS) is 15.2. The summed E-state index contributed by atoms with van der Waals surface area (Å²) in [6, 6.07) is 40.3. The molecule has 1 saturated heterocycles. The molecule has 1 atom stereocenters. The molecule has 0 aromatic heterocycles. The van der Waals surface area contributed by atoms with Crippen molar-refractivity contribution < 1.29 is 26.7 Å². The molecule has 4 nitrogen and oxygen atoms in total. The quantitative estimate of drug-likeness (QED) is 0.351. The Labute approximate surface area is 218 Å². The highest BCUT2D eigenvalue weighted by Crippen LogP contribution is 2.55. The van der Waals surface area contributed by atoms with Gasteiger partial charge < -0.3 is 17.1 Å². The van der Waals surface area contributed by atoms with E-state index in [2.05, 4.69) is 36.4 Å². The third-order valence-corrected chi connectivity index (χ3v) is 10.8. The molecule has 0 bridgehead atoms. The highest BCUT2D eigenvalue weighted by atomic mass is 35.5. The smallest absolute Gasteiger partial charge is 0.417 e. The highest BCUT2D eigenvalue weighted by molar-refractivity contribution is 7.96. The first kappa shape index (κ1) is 25.6. The Morgan fingerprint density at radius 1 is 0.722 bits per heavy atom. The average Bonchev–Trinajstić information content (AvgIpc) is 3.29. The molecule has 0 N–H and O–H groups in total. The summed E-state index contributed by atoms with van der Waals surface area (Å²) in [4.78, 5) is 28.2. The molecule has 0 spiro atoms. The number of benzene rings is 4. The average molecular weight is 516 g/mol. The van der Waals surface area contributed by atoms with Crippen LogP contribution in [0.1, 0.15) is 5.56 Å². The topological polar surface area (TPSA) is 46.6 Å². The number of hydrogen-bond donors (Lipinski definition) is 0. The van der Waals surface area contributed by atoms with Crippen molar-refractivity contribution in [2.75, 3.05) is 12.8 Å². The lowest BCUT2D eigenvalue weighted by Gasteiger charge is -2.29. The molecule has 0 aliphatic carbocycles. The van der Waals surface area contributed by atoms with Crippen molar-refractivity contribution >= 4 is 35.2 Å². The number of carbonyl (C=O) groups is 2. The Hall–Kier alpha value is -3.46. The van der Waals surface area contributed by atoms with Gasteiger partial charge in [-0.25, -0.2) is 9.69 Å². The zero-order chi connectivity index (χ0) is 24.1. The molecular weight excluding hydrogens is 489 g/mol. The van der Waals surface area contributed by atoms with Gasteiger partial charge in [-0.3, -0.25) is 4.79 Å². The van der Waals surface area contributed by atoms with Gasteiger partial charge in [0.25, 0.3) is 5.91 Å². The van der Waals surface area contributed by atoms with E-state index >= 15 is 0 Å². The van der Waals surface area contributed by atoms with E-state index in [0.29, 0.717) is 6.42 Å². The lowest BCUT2D eigenvalue weighted by molar-refractivity contribution is -0.126. The molecular formula is C30H27ClNO3P. The van der Waals surface area contributed by atoms with Crippen LogP contribution in [-0.4, -0.2) is 35.7 Å². The number of amides is 2. The summed E-state index contributed by atoms with van der Waals surface area (Å²) in [5, 5.41) is 3.33. The molecule has 1 heterocycles. The molecule has 2 amide bonds. The lowest BCUT2D eigenvalue weighted by atomic mass is 10.1. The second-order valence-corrected chi connectivity index (χ2v) is 12.1. The Bertz CT molecular complexity index is 1190. The minimum atomic E-state index is -2.40. The van der Waals surface area contributed by atoms with Crippen molar-refractivity contribution in [2.45, 2.75) is 12.5 Å². The molecule has 0 saturated carbocycles. The van der Waals surface area contributed by atoms with Gasteiger partial charge in [-0.2, -0.15) is 0 Å². The number of rotatable bonds is 7. The second-order valence-electron chi connectivity index (χ2n) is 8.66. The first-order valence-electron chi connectivity index (χ1n) is 11.8. The minimum absolute atomic E-state index is 0. The third kappa shape index (κ3) is 5.06. The van der Waals surface area contributed by atoms with Crippen LogP contribution >= 0.6 is 7.26 Å². The number of ether oxygens (including phenoxy) is 1. The lowest BCUT2D eigenvalue weighted by Crippen LogP contribution is -3.00. The summed E-state index contributed by atoms with van der Waals surface area (Å²) in [6.45, 7) is 0.215. The number of imide groups is 1. The van der Waals surface area contributed by atoms with Gasteiger partial charge in [0.1, 0.15) is 29.8 Å². The fraction of sp³-hybridized carbons (Fsp3) is 0.133. The van der Waals surface area contributed by atoms with Gasteiger partial charge in [0.2, 0.25) is 0 Å². The molecule has 0 unspecified atom stereocenters. The highest BCUT2D eigenvalue weighted by Gasteiger charge is 2.50. The monoisotopic (exact) mass is 515 g/mol. The van der Waals surface area contributed by atoms with E-state index in [1.807, 2.05) is 84.9 Å². The van der Waals surface area contributed by atoms with Crippen LogP contribution in [0.25, 0.3) is 0 Å². The molecule has 4 aromatic rings. The Balaban J connectivity index is 0.00000304. The summed E-state index contributed by atoms with van der Waals surface area (Å²) in [7, 11) is -2.40. The summed E-state index contributed by atoms with van der Waals surface area (Å²) >= 11 is 0. The van der Waals surface area contributed by atoms with Gasteiger partial charge in [-0.05, 0) is 48.4 Å². The van der Waals surface area contributed by atoms with E-state index in [4.69, 9.17) is 4.74 Å².